The summed E-state index contributed by atoms with van der Waals surface area (Å²) in [4.78, 5) is 25.1. The van der Waals surface area contributed by atoms with Gasteiger partial charge in [-0.1, -0.05) is 0 Å². The Kier molecular flexibility index (Phi) is 2.69. The molecule has 2 heterocycles. The van der Waals surface area contributed by atoms with E-state index in [2.05, 4.69) is 15.9 Å². The number of hydrogen-bond donors (Lipinski definition) is 0. The van der Waals surface area contributed by atoms with Gasteiger partial charge in [-0.15, -0.1) is 11.3 Å². The normalized spacial score (nSPS) is 16.4. The summed E-state index contributed by atoms with van der Waals surface area (Å²) in [6.07, 6.45) is 1.28. The highest BCUT2D eigenvalue weighted by Gasteiger charge is 2.28. The van der Waals surface area contributed by atoms with Crippen LogP contribution >= 0.6 is 27.3 Å². The van der Waals surface area contributed by atoms with Crippen molar-refractivity contribution in [3.05, 3.63) is 20.8 Å². The molecule has 1 aromatic heterocycles. The van der Waals surface area contributed by atoms with Crippen LogP contribution in [0.2, 0.25) is 0 Å². The lowest BCUT2D eigenvalue weighted by Crippen LogP contribution is -2.31. The van der Waals surface area contributed by atoms with Crippen molar-refractivity contribution in [2.45, 2.75) is 12.8 Å². The van der Waals surface area contributed by atoms with Gasteiger partial charge in [0.15, 0.2) is 0 Å². The van der Waals surface area contributed by atoms with Crippen LogP contribution in [0.1, 0.15) is 22.5 Å². The summed E-state index contributed by atoms with van der Waals surface area (Å²) >= 11 is 4.64. The standard InChI is InChI=1S/C9H8BrNO2S/c10-6-3-5-14-8(6)9(13)11-4-1-2-7(11)12/h3,5H,1-2,4H2. The lowest BCUT2D eigenvalue weighted by atomic mass is 10.4. The maximum absolute atomic E-state index is 11.8. The highest BCUT2D eigenvalue weighted by atomic mass is 79.9. The quantitative estimate of drug-likeness (QED) is 0.737. The van der Waals surface area contributed by atoms with Crippen LogP contribution in [0.25, 0.3) is 0 Å². The van der Waals surface area contributed by atoms with E-state index in [4.69, 9.17) is 0 Å². The van der Waals surface area contributed by atoms with E-state index < -0.39 is 0 Å². The van der Waals surface area contributed by atoms with Gasteiger partial charge in [-0.3, -0.25) is 14.5 Å². The SMILES string of the molecule is O=C1CCCN1C(=O)c1sccc1Br. The van der Waals surface area contributed by atoms with Crippen molar-refractivity contribution in [3.8, 4) is 0 Å². The fraction of sp³-hybridized carbons (Fsp3) is 0.333. The average molecular weight is 274 g/mol. The van der Waals surface area contributed by atoms with Crippen LogP contribution in [0.15, 0.2) is 15.9 Å². The molecule has 0 aliphatic carbocycles. The molecule has 5 heteroatoms. The summed E-state index contributed by atoms with van der Waals surface area (Å²) in [6, 6.07) is 1.82. The lowest BCUT2D eigenvalue weighted by Gasteiger charge is -2.11. The molecule has 0 spiro atoms. The Labute approximate surface area is 93.8 Å². The molecule has 3 nitrogen and oxygen atoms in total. The molecule has 2 amide bonds. The molecule has 1 aromatic rings. The largest absolute Gasteiger partial charge is 0.278 e. The van der Waals surface area contributed by atoms with Crippen LogP contribution in [-0.4, -0.2) is 23.3 Å². The van der Waals surface area contributed by atoms with Gasteiger partial charge >= 0.3 is 0 Å². The van der Waals surface area contributed by atoms with E-state index in [9.17, 15) is 9.59 Å². The van der Waals surface area contributed by atoms with Crippen LogP contribution in [0.4, 0.5) is 0 Å². The van der Waals surface area contributed by atoms with Crippen LogP contribution in [0, 0.1) is 0 Å². The second kappa shape index (κ2) is 3.82. The Balaban J connectivity index is 2.24. The minimum Gasteiger partial charge on any atom is -0.278 e. The minimum atomic E-state index is -0.172. The third-order valence-corrected chi connectivity index (χ3v) is 3.96. The van der Waals surface area contributed by atoms with E-state index >= 15 is 0 Å². The molecule has 1 fully saturated rings. The monoisotopic (exact) mass is 273 g/mol. The molecule has 14 heavy (non-hydrogen) atoms. The second-order valence-corrected chi connectivity index (χ2v) is 4.82. The number of nitrogens with zero attached hydrogens (tertiary/aromatic N) is 1. The van der Waals surface area contributed by atoms with Gasteiger partial charge < -0.3 is 0 Å². The zero-order valence-electron chi connectivity index (χ0n) is 7.33. The predicted molar refractivity (Wildman–Crippen MR) is 57.3 cm³/mol. The van der Waals surface area contributed by atoms with Crippen LogP contribution in [0.5, 0.6) is 0 Å². The van der Waals surface area contributed by atoms with Gasteiger partial charge in [0.1, 0.15) is 4.88 Å². The molecule has 0 unspecified atom stereocenters. The first-order valence-corrected chi connectivity index (χ1v) is 5.95. The highest BCUT2D eigenvalue weighted by Crippen LogP contribution is 2.25. The van der Waals surface area contributed by atoms with E-state index in [0.29, 0.717) is 17.8 Å². The first-order valence-electron chi connectivity index (χ1n) is 4.28. The smallest absolute Gasteiger partial charge is 0.271 e. The number of thiophene rings is 1. The Hall–Kier alpha value is -0.680. The van der Waals surface area contributed by atoms with Gasteiger partial charge in [-0.05, 0) is 33.8 Å². The molecule has 74 valence electrons. The zero-order chi connectivity index (χ0) is 10.1. The first-order chi connectivity index (χ1) is 6.70. The van der Waals surface area contributed by atoms with Crippen molar-refractivity contribution in [2.75, 3.05) is 6.54 Å². The molecule has 1 saturated heterocycles. The van der Waals surface area contributed by atoms with Crippen LogP contribution in [0.3, 0.4) is 0 Å². The summed E-state index contributed by atoms with van der Waals surface area (Å²) in [6.45, 7) is 0.558. The van der Waals surface area contributed by atoms with E-state index in [1.165, 1.54) is 16.2 Å². The van der Waals surface area contributed by atoms with Crippen molar-refractivity contribution in [1.29, 1.82) is 0 Å². The Morgan fingerprint density at radius 1 is 1.57 bits per heavy atom. The number of imide groups is 1. The van der Waals surface area contributed by atoms with Crippen molar-refractivity contribution in [1.82, 2.24) is 4.90 Å². The van der Waals surface area contributed by atoms with E-state index in [1.54, 1.807) is 0 Å². The number of carbonyl (C=O) groups excluding carboxylic acids is 2. The third kappa shape index (κ3) is 1.62. The summed E-state index contributed by atoms with van der Waals surface area (Å²) < 4.78 is 0.771. The molecule has 0 radical (unpaired) electrons. The molecule has 0 N–H and O–H groups in total. The summed E-state index contributed by atoms with van der Waals surface area (Å²) in [7, 11) is 0. The molecule has 0 aromatic carbocycles. The first kappa shape index (κ1) is 9.86. The van der Waals surface area contributed by atoms with Crippen molar-refractivity contribution in [2.24, 2.45) is 0 Å². The maximum atomic E-state index is 11.8. The lowest BCUT2D eigenvalue weighted by molar-refractivity contribution is -0.125. The van der Waals surface area contributed by atoms with Crippen molar-refractivity contribution < 1.29 is 9.59 Å². The fourth-order valence-electron chi connectivity index (χ4n) is 1.43. The molecular formula is C9H8BrNO2S. The molecule has 0 atom stereocenters. The summed E-state index contributed by atoms with van der Waals surface area (Å²) in [5, 5.41) is 1.83. The third-order valence-electron chi connectivity index (χ3n) is 2.13. The van der Waals surface area contributed by atoms with Crippen molar-refractivity contribution >= 4 is 39.1 Å². The summed E-state index contributed by atoms with van der Waals surface area (Å²) in [5.74, 6) is -0.232. The van der Waals surface area contributed by atoms with Gasteiger partial charge in [-0.25, -0.2) is 0 Å². The Morgan fingerprint density at radius 2 is 2.36 bits per heavy atom. The van der Waals surface area contributed by atoms with Crippen LogP contribution < -0.4 is 0 Å². The average Bonchev–Trinajstić information content (AvgIpc) is 2.73. The molecule has 1 aliphatic rings. The van der Waals surface area contributed by atoms with E-state index in [-0.39, 0.29) is 11.8 Å². The van der Waals surface area contributed by atoms with Gasteiger partial charge in [-0.2, -0.15) is 0 Å². The van der Waals surface area contributed by atoms with E-state index in [0.717, 1.165) is 10.9 Å². The number of amides is 2. The number of carbonyl (C=O) groups is 2. The van der Waals surface area contributed by atoms with Crippen LogP contribution in [-0.2, 0) is 4.79 Å². The number of hydrogen-bond acceptors (Lipinski definition) is 3. The fourth-order valence-corrected chi connectivity index (χ4v) is 2.92. The van der Waals surface area contributed by atoms with Crippen molar-refractivity contribution in [3.63, 3.8) is 0 Å². The second-order valence-electron chi connectivity index (χ2n) is 3.05. The van der Waals surface area contributed by atoms with Gasteiger partial charge in [0.2, 0.25) is 5.91 Å². The number of rotatable bonds is 1. The van der Waals surface area contributed by atoms with Gasteiger partial charge in [0.05, 0.1) is 0 Å². The Morgan fingerprint density at radius 3 is 2.86 bits per heavy atom. The van der Waals surface area contributed by atoms with Gasteiger partial charge in [0.25, 0.3) is 5.91 Å². The number of likely N-dealkylation sites (tertiary alicyclic amines) is 1. The summed E-state index contributed by atoms with van der Waals surface area (Å²) in [5.41, 5.74) is 0. The predicted octanol–water partition coefficient (Wildman–Crippen LogP) is 2.27. The molecule has 1 aliphatic heterocycles. The Bertz CT molecular complexity index is 388. The number of halogens is 1. The molecule has 2 rings (SSSR count). The zero-order valence-corrected chi connectivity index (χ0v) is 9.73. The van der Waals surface area contributed by atoms with E-state index in [1.807, 2.05) is 11.4 Å². The molecule has 0 bridgehead atoms. The molecular weight excluding hydrogens is 266 g/mol. The van der Waals surface area contributed by atoms with Gasteiger partial charge in [0, 0.05) is 17.4 Å². The molecule has 0 saturated carbocycles. The maximum Gasteiger partial charge on any atom is 0.271 e. The topological polar surface area (TPSA) is 37.4 Å². The highest BCUT2D eigenvalue weighted by molar-refractivity contribution is 9.10. The minimum absolute atomic E-state index is 0.0599.